The maximum absolute atomic E-state index is 12.7. The minimum absolute atomic E-state index is 0. The fourth-order valence-electron chi connectivity index (χ4n) is 2.72. The Morgan fingerprint density at radius 3 is 2.48 bits per heavy atom. The summed E-state index contributed by atoms with van der Waals surface area (Å²) in [5.74, 6) is -0.0578. The Morgan fingerprint density at radius 2 is 1.88 bits per heavy atom. The molecule has 1 aliphatic carbocycles. The van der Waals surface area contributed by atoms with Crippen LogP contribution in [0.5, 0.6) is 0 Å². The van der Waals surface area contributed by atoms with E-state index in [0.717, 1.165) is 11.1 Å². The molecule has 0 radical (unpaired) electrons. The van der Waals surface area contributed by atoms with Gasteiger partial charge in [-0.2, -0.15) is 4.31 Å². The van der Waals surface area contributed by atoms with Crippen molar-refractivity contribution >= 4 is 10.0 Å². The van der Waals surface area contributed by atoms with Gasteiger partial charge in [0.05, 0.1) is 10.5 Å². The fraction of sp³-hybridized carbons (Fsp3) is 0.211. The molecule has 0 aromatic heterocycles. The van der Waals surface area contributed by atoms with Crippen LogP contribution in [-0.2, 0) is 52.2 Å². The van der Waals surface area contributed by atoms with Crippen LogP contribution < -0.4 is 0 Å². The molecule has 1 aliphatic heterocycles. The summed E-state index contributed by atoms with van der Waals surface area (Å²) in [6.07, 6.45) is 11.9. The van der Waals surface area contributed by atoms with E-state index in [1.165, 1.54) is 4.31 Å². The van der Waals surface area contributed by atoms with Gasteiger partial charge in [-0.25, -0.2) is 14.0 Å². The van der Waals surface area contributed by atoms with Gasteiger partial charge in [0.25, 0.3) is 0 Å². The molecular formula is C19H19NO2Pt2S. The Hall–Kier alpha value is -0.663. The molecule has 1 unspecified atom stereocenters. The zero-order valence-electron chi connectivity index (χ0n) is 13.6. The van der Waals surface area contributed by atoms with Crippen LogP contribution in [0.3, 0.4) is 0 Å². The summed E-state index contributed by atoms with van der Waals surface area (Å²) in [4.78, 5) is 0.316. The van der Waals surface area contributed by atoms with Crippen molar-refractivity contribution in [1.82, 2.24) is 4.31 Å². The van der Waals surface area contributed by atoms with Crippen LogP contribution in [0.4, 0.5) is 0 Å². The van der Waals surface area contributed by atoms with Gasteiger partial charge < -0.3 is 6.58 Å². The predicted molar refractivity (Wildman–Crippen MR) is 91.9 cm³/mol. The van der Waals surface area contributed by atoms with Gasteiger partial charge in [0.1, 0.15) is 0 Å². The van der Waals surface area contributed by atoms with Gasteiger partial charge in [-0.3, -0.25) is 0 Å². The van der Waals surface area contributed by atoms with E-state index < -0.39 is 10.0 Å². The average Bonchev–Trinajstić information content (AvgIpc) is 2.90. The number of nitrogens with zero attached hydrogens (tertiary/aromatic N) is 1. The molecule has 1 atom stereocenters. The Kier molecular flexibility index (Phi) is 8.35. The molecule has 1 fully saturated rings. The number of hydrogen-bond donors (Lipinski definition) is 0. The van der Waals surface area contributed by atoms with Gasteiger partial charge in [-0.15, -0.1) is 0 Å². The second kappa shape index (κ2) is 9.32. The van der Waals surface area contributed by atoms with Gasteiger partial charge in [-0.1, -0.05) is 17.7 Å². The molecule has 2 aliphatic rings. The summed E-state index contributed by atoms with van der Waals surface area (Å²) in [7, 11) is -3.50. The topological polar surface area (TPSA) is 37.4 Å². The van der Waals surface area contributed by atoms with E-state index in [9.17, 15) is 8.42 Å². The van der Waals surface area contributed by atoms with E-state index in [-0.39, 0.29) is 54.6 Å². The van der Waals surface area contributed by atoms with Crippen molar-refractivity contribution in [3.8, 4) is 0 Å². The first-order valence-electron chi connectivity index (χ1n) is 7.55. The fourth-order valence-corrected chi connectivity index (χ4v) is 4.17. The normalized spacial score (nSPS) is 21.6. The quantitative estimate of drug-likeness (QED) is 0.452. The molecule has 0 bridgehead atoms. The van der Waals surface area contributed by atoms with Gasteiger partial charge in [-0.05, 0) is 19.1 Å². The first-order valence-corrected chi connectivity index (χ1v) is 8.99. The van der Waals surface area contributed by atoms with E-state index >= 15 is 0 Å². The third-order valence-corrected chi connectivity index (χ3v) is 5.91. The first kappa shape index (κ1) is 22.4. The predicted octanol–water partition coefficient (Wildman–Crippen LogP) is 3.23. The molecule has 6 heteroatoms. The second-order valence-corrected chi connectivity index (χ2v) is 7.81. The van der Waals surface area contributed by atoms with Gasteiger partial charge in [0, 0.05) is 97.9 Å². The van der Waals surface area contributed by atoms with Crippen LogP contribution in [0.25, 0.3) is 0 Å². The summed E-state index contributed by atoms with van der Waals surface area (Å²) in [5.41, 5.74) is 2.77. The molecule has 1 heterocycles. The monoisotopic (exact) mass is 715 g/mol. The summed E-state index contributed by atoms with van der Waals surface area (Å²) in [6.45, 7) is 8.68. The summed E-state index contributed by atoms with van der Waals surface area (Å²) >= 11 is 0. The van der Waals surface area contributed by atoms with Crippen LogP contribution in [0.2, 0.25) is 0 Å². The summed E-state index contributed by atoms with van der Waals surface area (Å²) in [6, 6.07) is 6.91. The molecule has 1 aromatic carbocycles. The molecule has 1 aromatic rings. The molecule has 0 N–H and O–H groups in total. The summed E-state index contributed by atoms with van der Waals surface area (Å²) < 4.78 is 26.9. The number of allylic oxidation sites excluding steroid dienone is 5. The SMILES string of the molecule is [CH-]=C1CN(S(=O)(=O)c2ccc(C)cc2)CC1/C=C1/C=CC=C[CH+]1.[Pt].[Pt]. The minimum Gasteiger partial charge on any atom is -0.512 e. The van der Waals surface area contributed by atoms with E-state index in [1.54, 1.807) is 12.1 Å². The van der Waals surface area contributed by atoms with Crippen molar-refractivity contribution in [2.24, 2.45) is 5.92 Å². The van der Waals surface area contributed by atoms with Crippen LogP contribution in [0.1, 0.15) is 5.56 Å². The molecule has 0 amide bonds. The average molecular weight is 716 g/mol. The van der Waals surface area contributed by atoms with Gasteiger partial charge >= 0.3 is 0 Å². The van der Waals surface area contributed by atoms with E-state index in [0.29, 0.717) is 17.0 Å². The Bertz CT molecular complexity index is 808. The van der Waals surface area contributed by atoms with Crippen LogP contribution in [0, 0.1) is 25.8 Å². The van der Waals surface area contributed by atoms with Crippen molar-refractivity contribution in [2.45, 2.75) is 11.8 Å². The molecule has 1 saturated heterocycles. The van der Waals surface area contributed by atoms with Crippen molar-refractivity contribution < 1.29 is 50.5 Å². The molecule has 138 valence electrons. The Labute approximate surface area is 179 Å². The maximum Gasteiger partial charge on any atom is 0.243 e. The molecule has 0 spiro atoms. The largest absolute Gasteiger partial charge is 0.512 e. The number of rotatable bonds is 3. The zero-order chi connectivity index (χ0) is 16.4. The Morgan fingerprint density at radius 1 is 1.20 bits per heavy atom. The maximum atomic E-state index is 12.7. The number of aryl methyl sites for hydroxylation is 1. The van der Waals surface area contributed by atoms with Crippen molar-refractivity contribution in [2.75, 3.05) is 13.1 Å². The van der Waals surface area contributed by atoms with E-state index in [1.807, 2.05) is 55.9 Å². The molecule has 3 rings (SSSR count). The van der Waals surface area contributed by atoms with E-state index in [2.05, 4.69) is 0 Å². The molecule has 25 heavy (non-hydrogen) atoms. The summed E-state index contributed by atoms with van der Waals surface area (Å²) in [5, 5.41) is 0. The van der Waals surface area contributed by atoms with Crippen molar-refractivity contribution in [3.05, 3.63) is 84.4 Å². The van der Waals surface area contributed by atoms with Crippen LogP contribution in [-0.4, -0.2) is 25.8 Å². The third-order valence-electron chi connectivity index (χ3n) is 4.09. The number of sulfonamides is 1. The smallest absolute Gasteiger partial charge is 0.243 e. The van der Waals surface area contributed by atoms with E-state index in [4.69, 9.17) is 6.58 Å². The molecule has 3 nitrogen and oxygen atoms in total. The van der Waals surface area contributed by atoms with Crippen molar-refractivity contribution in [3.63, 3.8) is 0 Å². The second-order valence-electron chi connectivity index (χ2n) is 5.87. The molecule has 0 saturated carbocycles. The minimum atomic E-state index is -3.50. The van der Waals surface area contributed by atoms with Gasteiger partial charge in [0.2, 0.25) is 10.0 Å². The zero-order valence-corrected chi connectivity index (χ0v) is 19.0. The number of benzene rings is 1. The number of hydrogen-bond acceptors (Lipinski definition) is 2. The third kappa shape index (κ3) is 5.17. The standard InChI is InChI=1S/C19H19NO2S.2Pt/c1-15-8-10-19(11-9-15)23(21,22)20-13-16(2)18(14-20)12-17-6-4-3-5-7-17;;/h2-12,18H,13-14H2,1H3;;. The van der Waals surface area contributed by atoms with Crippen LogP contribution >= 0.6 is 0 Å². The van der Waals surface area contributed by atoms with Crippen molar-refractivity contribution in [1.29, 1.82) is 0 Å². The van der Waals surface area contributed by atoms with Gasteiger partial charge in [0.15, 0.2) is 0 Å². The Balaban J connectivity index is 0.00000156. The first-order chi connectivity index (χ1) is 11.0. The van der Waals surface area contributed by atoms with Crippen LogP contribution in [0.15, 0.2) is 70.7 Å². The molecular weight excluding hydrogens is 696 g/mol.